The summed E-state index contributed by atoms with van der Waals surface area (Å²) in [5.74, 6) is 0.979. The van der Waals surface area contributed by atoms with Crippen molar-refractivity contribution in [2.24, 2.45) is 0 Å². The molecule has 144 valence electrons. The number of amides is 2. The maximum absolute atomic E-state index is 12.9. The summed E-state index contributed by atoms with van der Waals surface area (Å²) < 4.78 is 5.55. The topological polar surface area (TPSA) is 84.2 Å². The molecule has 2 amide bonds. The number of nitrogens with one attached hydrogen (secondary N) is 1. The Morgan fingerprint density at radius 2 is 2.04 bits per heavy atom. The van der Waals surface area contributed by atoms with Gasteiger partial charge in [-0.25, -0.2) is 4.79 Å². The fraction of sp³-hybridized carbons (Fsp3) is 0.333. The van der Waals surface area contributed by atoms with Crippen molar-refractivity contribution in [3.63, 3.8) is 0 Å². The van der Waals surface area contributed by atoms with E-state index in [1.807, 2.05) is 47.4 Å². The molecule has 7 nitrogen and oxygen atoms in total. The Bertz CT molecular complexity index is 897. The fourth-order valence-electron chi connectivity index (χ4n) is 3.47. The van der Waals surface area contributed by atoms with Gasteiger partial charge < -0.3 is 14.7 Å². The molecular formula is C21H23N5O2. The number of aromatic nitrogens is 3. The number of hydrogen-bond donors (Lipinski definition) is 1. The summed E-state index contributed by atoms with van der Waals surface area (Å²) in [5.41, 5.74) is 1.87. The molecule has 1 atom stereocenters. The van der Waals surface area contributed by atoms with E-state index in [9.17, 15) is 4.79 Å². The zero-order chi connectivity index (χ0) is 19.2. The summed E-state index contributed by atoms with van der Waals surface area (Å²) in [6.07, 6.45) is 7.30. The van der Waals surface area contributed by atoms with Crippen LogP contribution in [0, 0.1) is 0 Å². The van der Waals surface area contributed by atoms with Crippen LogP contribution in [-0.2, 0) is 6.54 Å². The number of nitrogens with zero attached hydrogens (tertiary/aromatic N) is 4. The monoisotopic (exact) mass is 377 g/mol. The lowest BCUT2D eigenvalue weighted by Gasteiger charge is -2.27. The van der Waals surface area contributed by atoms with E-state index in [1.165, 1.54) is 0 Å². The Morgan fingerprint density at radius 3 is 2.86 bits per heavy atom. The lowest BCUT2D eigenvalue weighted by Crippen LogP contribution is -2.42. The van der Waals surface area contributed by atoms with E-state index in [4.69, 9.17) is 4.52 Å². The Morgan fingerprint density at radius 1 is 1.14 bits per heavy atom. The highest BCUT2D eigenvalue weighted by atomic mass is 16.5. The molecule has 1 N–H and O–H groups in total. The van der Waals surface area contributed by atoms with Crippen LogP contribution >= 0.6 is 0 Å². The van der Waals surface area contributed by atoms with Crippen molar-refractivity contribution in [2.45, 2.75) is 38.3 Å². The van der Waals surface area contributed by atoms with E-state index < -0.39 is 0 Å². The zero-order valence-electron chi connectivity index (χ0n) is 15.6. The third kappa shape index (κ3) is 4.19. The summed E-state index contributed by atoms with van der Waals surface area (Å²) in [6, 6.07) is 13.3. The van der Waals surface area contributed by atoms with Crippen LogP contribution in [0.2, 0.25) is 0 Å². The SMILES string of the molecule is O=C(NCc1ccccc1)N1CCCCCC1c1nc(-c2cccnc2)no1. The van der Waals surface area contributed by atoms with Gasteiger partial charge in [-0.1, -0.05) is 48.3 Å². The number of likely N-dealkylation sites (tertiary alicyclic amines) is 1. The lowest BCUT2D eigenvalue weighted by molar-refractivity contribution is 0.158. The molecule has 1 aromatic carbocycles. The van der Waals surface area contributed by atoms with E-state index in [-0.39, 0.29) is 12.1 Å². The number of carbonyl (C=O) groups excluding carboxylic acids is 1. The van der Waals surface area contributed by atoms with Crippen LogP contribution in [0.1, 0.15) is 43.2 Å². The van der Waals surface area contributed by atoms with Gasteiger partial charge in [0.15, 0.2) is 0 Å². The molecule has 0 bridgehead atoms. The predicted molar refractivity (Wildman–Crippen MR) is 104 cm³/mol. The Kier molecular flexibility index (Phi) is 5.61. The van der Waals surface area contributed by atoms with Crippen LogP contribution in [0.4, 0.5) is 4.79 Å². The lowest BCUT2D eigenvalue weighted by atomic mass is 10.1. The molecule has 3 aromatic rings. The number of carbonyl (C=O) groups is 1. The van der Waals surface area contributed by atoms with Gasteiger partial charge in [0.25, 0.3) is 0 Å². The Hall–Kier alpha value is -3.22. The van der Waals surface area contributed by atoms with Gasteiger partial charge in [0.2, 0.25) is 11.7 Å². The van der Waals surface area contributed by atoms with Gasteiger partial charge in [0, 0.05) is 31.0 Å². The summed E-state index contributed by atoms with van der Waals surface area (Å²) in [4.78, 5) is 23.4. The second kappa shape index (κ2) is 8.65. The molecule has 7 heteroatoms. The van der Waals surface area contributed by atoms with E-state index in [2.05, 4.69) is 20.4 Å². The highest BCUT2D eigenvalue weighted by Gasteiger charge is 2.31. The second-order valence-electron chi connectivity index (χ2n) is 6.90. The van der Waals surface area contributed by atoms with Crippen molar-refractivity contribution in [2.75, 3.05) is 6.54 Å². The summed E-state index contributed by atoms with van der Waals surface area (Å²) >= 11 is 0. The molecule has 0 spiro atoms. The Labute approximate surface area is 163 Å². The molecule has 1 unspecified atom stereocenters. The number of benzene rings is 1. The first-order valence-electron chi connectivity index (χ1n) is 9.63. The van der Waals surface area contributed by atoms with Gasteiger partial charge in [-0.3, -0.25) is 4.98 Å². The van der Waals surface area contributed by atoms with Gasteiger partial charge in [0.1, 0.15) is 6.04 Å². The van der Waals surface area contributed by atoms with Crippen molar-refractivity contribution in [1.82, 2.24) is 25.3 Å². The maximum atomic E-state index is 12.9. The molecule has 2 aromatic heterocycles. The van der Waals surface area contributed by atoms with E-state index in [1.54, 1.807) is 12.4 Å². The summed E-state index contributed by atoms with van der Waals surface area (Å²) in [5, 5.41) is 7.12. The predicted octanol–water partition coefficient (Wildman–Crippen LogP) is 3.96. The summed E-state index contributed by atoms with van der Waals surface area (Å²) in [6.45, 7) is 1.17. The van der Waals surface area contributed by atoms with Crippen LogP contribution < -0.4 is 5.32 Å². The second-order valence-corrected chi connectivity index (χ2v) is 6.90. The largest absolute Gasteiger partial charge is 0.337 e. The van der Waals surface area contributed by atoms with Gasteiger partial charge in [0.05, 0.1) is 0 Å². The number of urea groups is 1. The minimum atomic E-state index is -0.212. The van der Waals surface area contributed by atoms with Crippen molar-refractivity contribution in [1.29, 1.82) is 0 Å². The quantitative estimate of drug-likeness (QED) is 0.744. The van der Waals surface area contributed by atoms with Crippen LogP contribution in [0.25, 0.3) is 11.4 Å². The molecule has 1 aliphatic heterocycles. The van der Waals surface area contributed by atoms with Crippen LogP contribution in [0.15, 0.2) is 59.4 Å². The normalized spacial score (nSPS) is 17.1. The minimum Gasteiger partial charge on any atom is -0.337 e. The average Bonchev–Trinajstić information content (AvgIpc) is 3.11. The average molecular weight is 377 g/mol. The molecule has 28 heavy (non-hydrogen) atoms. The van der Waals surface area contributed by atoms with Crippen molar-refractivity contribution >= 4 is 6.03 Å². The van der Waals surface area contributed by atoms with E-state index in [0.717, 1.165) is 36.8 Å². The van der Waals surface area contributed by atoms with Crippen LogP contribution in [0.5, 0.6) is 0 Å². The van der Waals surface area contributed by atoms with Gasteiger partial charge in [-0.15, -0.1) is 0 Å². The molecule has 1 fully saturated rings. The number of rotatable bonds is 4. The van der Waals surface area contributed by atoms with Gasteiger partial charge in [-0.2, -0.15) is 4.98 Å². The van der Waals surface area contributed by atoms with Crippen molar-refractivity contribution in [3.8, 4) is 11.4 Å². The van der Waals surface area contributed by atoms with E-state index in [0.29, 0.717) is 24.8 Å². The molecule has 1 aliphatic rings. The standard InChI is InChI=1S/C21H23N5O2/c27-21(23-14-16-8-3-1-4-9-16)26-13-6-2-5-11-18(26)20-24-19(25-28-20)17-10-7-12-22-15-17/h1,3-4,7-10,12,15,18H,2,5-6,11,13-14H2,(H,23,27). The first-order valence-corrected chi connectivity index (χ1v) is 9.63. The van der Waals surface area contributed by atoms with Crippen LogP contribution in [-0.4, -0.2) is 32.6 Å². The zero-order valence-corrected chi connectivity index (χ0v) is 15.6. The molecular weight excluding hydrogens is 354 g/mol. The molecule has 0 radical (unpaired) electrons. The third-order valence-electron chi connectivity index (χ3n) is 4.95. The maximum Gasteiger partial charge on any atom is 0.318 e. The third-order valence-corrected chi connectivity index (χ3v) is 4.95. The minimum absolute atomic E-state index is 0.100. The van der Waals surface area contributed by atoms with Gasteiger partial charge >= 0.3 is 6.03 Å². The first-order chi connectivity index (χ1) is 13.8. The fourth-order valence-corrected chi connectivity index (χ4v) is 3.47. The molecule has 1 saturated heterocycles. The first kappa shape index (κ1) is 18.2. The van der Waals surface area contributed by atoms with Crippen LogP contribution in [0.3, 0.4) is 0 Å². The molecule has 0 aliphatic carbocycles. The van der Waals surface area contributed by atoms with Crippen molar-refractivity contribution in [3.05, 3.63) is 66.3 Å². The Balaban J connectivity index is 1.50. The number of hydrogen-bond acceptors (Lipinski definition) is 5. The molecule has 3 heterocycles. The molecule has 4 rings (SSSR count). The summed E-state index contributed by atoms with van der Waals surface area (Å²) in [7, 11) is 0. The highest BCUT2D eigenvalue weighted by Crippen LogP contribution is 2.30. The smallest absolute Gasteiger partial charge is 0.318 e. The van der Waals surface area contributed by atoms with E-state index >= 15 is 0 Å². The highest BCUT2D eigenvalue weighted by molar-refractivity contribution is 5.74. The molecule has 0 saturated carbocycles. The number of pyridine rings is 1. The van der Waals surface area contributed by atoms with Gasteiger partial charge in [-0.05, 0) is 30.5 Å². The van der Waals surface area contributed by atoms with Crippen molar-refractivity contribution < 1.29 is 9.32 Å².